The lowest BCUT2D eigenvalue weighted by atomic mass is 10.0. The molecule has 0 saturated carbocycles. The predicted octanol–water partition coefficient (Wildman–Crippen LogP) is 5.23. The zero-order valence-electron chi connectivity index (χ0n) is 21.2. The predicted molar refractivity (Wildman–Crippen MR) is 141 cm³/mol. The van der Waals surface area contributed by atoms with E-state index in [2.05, 4.69) is 25.6 Å². The first-order chi connectivity index (χ1) is 20.6. The van der Waals surface area contributed by atoms with Crippen LogP contribution in [0.2, 0.25) is 10.2 Å². The van der Waals surface area contributed by atoms with E-state index in [1.807, 2.05) is 0 Å². The summed E-state index contributed by atoms with van der Waals surface area (Å²) in [5.41, 5.74) is -0.343. The van der Waals surface area contributed by atoms with E-state index in [0.29, 0.717) is 10.9 Å². The van der Waals surface area contributed by atoms with Gasteiger partial charge in [0, 0.05) is 17.8 Å². The van der Waals surface area contributed by atoms with E-state index >= 15 is 4.39 Å². The van der Waals surface area contributed by atoms with Gasteiger partial charge in [-0.2, -0.15) is 28.8 Å². The Morgan fingerprint density at radius 3 is 2.40 bits per heavy atom. The van der Waals surface area contributed by atoms with E-state index < -0.39 is 35.7 Å². The monoisotopic (exact) mass is 636 g/mol. The maximum atomic E-state index is 15.4. The molecule has 11 nitrogen and oxygen atoms in total. The van der Waals surface area contributed by atoms with E-state index in [1.54, 1.807) is 0 Å². The number of benzene rings is 1. The van der Waals surface area contributed by atoms with Gasteiger partial charge in [0.25, 0.3) is 0 Å². The van der Waals surface area contributed by atoms with Crippen molar-refractivity contribution in [3.05, 3.63) is 106 Å². The van der Waals surface area contributed by atoms with Crippen molar-refractivity contribution < 1.29 is 26.7 Å². The van der Waals surface area contributed by atoms with Gasteiger partial charge >= 0.3 is 6.55 Å². The number of rotatable bonds is 8. The minimum atomic E-state index is -3.13. The molecule has 0 aliphatic carbocycles. The zero-order chi connectivity index (χ0) is 30.4. The SMILES string of the molecule is [O-][n+]1cc(-c2c(-n3cc(Cl)nn3)ccc(Cl)c2F)ccc1[C@@H](Cn1cc(F)cn1)n1cc(-c2c(F)cnn2C(F)F)cn1. The van der Waals surface area contributed by atoms with Crippen LogP contribution in [0.15, 0.2) is 67.6 Å². The Morgan fingerprint density at radius 2 is 1.72 bits per heavy atom. The molecule has 1 aromatic carbocycles. The second-order valence-corrected chi connectivity index (χ2v) is 9.87. The Kier molecular flexibility index (Phi) is 7.31. The molecule has 0 spiro atoms. The van der Waals surface area contributed by atoms with Gasteiger partial charge in [-0.25, -0.2) is 22.5 Å². The molecule has 0 radical (unpaired) electrons. The summed E-state index contributed by atoms with van der Waals surface area (Å²) in [5.74, 6) is -2.50. The van der Waals surface area contributed by atoms with Gasteiger partial charge in [-0.3, -0.25) is 9.36 Å². The maximum absolute atomic E-state index is 15.4. The molecule has 0 aliphatic rings. The number of halogens is 7. The fourth-order valence-electron chi connectivity index (χ4n) is 4.58. The Morgan fingerprint density at radius 1 is 0.907 bits per heavy atom. The summed E-state index contributed by atoms with van der Waals surface area (Å²) in [4.78, 5) is 0. The van der Waals surface area contributed by atoms with Crippen molar-refractivity contribution in [2.24, 2.45) is 0 Å². The average Bonchev–Trinajstić information content (AvgIpc) is 3.77. The smallest absolute Gasteiger partial charge is 0.333 e. The molecule has 0 unspecified atom stereocenters. The standard InChI is InChI=1S/C25H15Cl2F5N10O/c26-16-2-4-19(40-12-21(27)36-37-40)22(23(16)30)13-1-3-18(41(43)9-13)20(11-38-10-15(28)6-33-38)39-8-14(5-34-39)24-17(29)7-35-42(24)25(31)32/h1-10,12,20,25H,11H2/t20-/m1/s1. The number of hydrogen-bond donors (Lipinski definition) is 0. The molecule has 43 heavy (non-hydrogen) atoms. The quantitative estimate of drug-likeness (QED) is 0.128. The average molecular weight is 637 g/mol. The van der Waals surface area contributed by atoms with Crippen LogP contribution in [-0.2, 0) is 6.54 Å². The second-order valence-electron chi connectivity index (χ2n) is 9.08. The van der Waals surface area contributed by atoms with Crippen molar-refractivity contribution >= 4 is 23.2 Å². The topological polar surface area (TPSA) is 111 Å². The molecule has 6 rings (SSSR count). The van der Waals surface area contributed by atoms with Gasteiger partial charge in [0.2, 0.25) is 5.69 Å². The molecule has 0 fully saturated rings. The lowest BCUT2D eigenvalue weighted by Crippen LogP contribution is -2.37. The van der Waals surface area contributed by atoms with Crippen LogP contribution in [0.3, 0.4) is 0 Å². The Balaban J connectivity index is 1.44. The first kappa shape index (κ1) is 28.3. The van der Waals surface area contributed by atoms with E-state index in [-0.39, 0.29) is 49.5 Å². The minimum absolute atomic E-state index is 0.0185. The molecular weight excluding hydrogens is 622 g/mol. The van der Waals surface area contributed by atoms with Gasteiger partial charge in [-0.15, -0.1) is 5.10 Å². The van der Waals surface area contributed by atoms with Crippen molar-refractivity contribution in [1.29, 1.82) is 0 Å². The Bertz CT molecular complexity index is 1950. The van der Waals surface area contributed by atoms with Gasteiger partial charge in [0.15, 0.2) is 34.8 Å². The molecular formula is C25H15Cl2F5N10O. The summed E-state index contributed by atoms with van der Waals surface area (Å²) < 4.78 is 74.6. The van der Waals surface area contributed by atoms with Crippen molar-refractivity contribution in [3.63, 3.8) is 0 Å². The normalized spacial score (nSPS) is 12.4. The van der Waals surface area contributed by atoms with Gasteiger partial charge in [0.05, 0.1) is 59.4 Å². The van der Waals surface area contributed by atoms with Crippen LogP contribution in [0.25, 0.3) is 28.1 Å². The van der Waals surface area contributed by atoms with Crippen LogP contribution in [-0.4, -0.2) is 44.3 Å². The third-order valence-corrected chi connectivity index (χ3v) is 6.92. The van der Waals surface area contributed by atoms with Gasteiger partial charge in [0.1, 0.15) is 5.69 Å². The van der Waals surface area contributed by atoms with Crippen LogP contribution in [0.4, 0.5) is 22.0 Å². The molecule has 5 aromatic heterocycles. The maximum Gasteiger partial charge on any atom is 0.333 e. The second kappa shape index (κ2) is 11.1. The highest BCUT2D eigenvalue weighted by molar-refractivity contribution is 6.31. The number of alkyl halides is 2. The van der Waals surface area contributed by atoms with Crippen LogP contribution in [0.1, 0.15) is 18.3 Å². The summed E-state index contributed by atoms with van der Waals surface area (Å²) in [6.07, 6.45) is 7.45. The molecule has 0 N–H and O–H groups in total. The lowest BCUT2D eigenvalue weighted by Gasteiger charge is -2.18. The number of hydrogen-bond acceptors (Lipinski definition) is 6. The van der Waals surface area contributed by atoms with Crippen LogP contribution in [0.5, 0.6) is 0 Å². The molecule has 0 aliphatic heterocycles. The van der Waals surface area contributed by atoms with Crippen LogP contribution < -0.4 is 4.73 Å². The number of pyridine rings is 1. The highest BCUT2D eigenvalue weighted by Crippen LogP contribution is 2.34. The molecule has 18 heteroatoms. The van der Waals surface area contributed by atoms with Crippen molar-refractivity contribution in [2.45, 2.75) is 19.1 Å². The largest absolute Gasteiger partial charge is 0.618 e. The van der Waals surface area contributed by atoms with Crippen LogP contribution >= 0.6 is 23.2 Å². The third-order valence-electron chi connectivity index (χ3n) is 6.45. The van der Waals surface area contributed by atoms with Gasteiger partial charge < -0.3 is 5.21 Å². The molecule has 220 valence electrons. The first-order valence-corrected chi connectivity index (χ1v) is 12.9. The number of nitrogens with zero attached hydrogens (tertiary/aromatic N) is 10. The molecule has 6 aromatic rings. The summed E-state index contributed by atoms with van der Waals surface area (Å²) in [7, 11) is 0. The summed E-state index contributed by atoms with van der Waals surface area (Å²) in [6, 6.07) is 4.56. The van der Waals surface area contributed by atoms with Crippen LogP contribution in [0, 0.1) is 22.7 Å². The molecule has 0 bridgehead atoms. The summed E-state index contributed by atoms with van der Waals surface area (Å²) in [6.45, 7) is -3.29. The molecule has 5 heterocycles. The third kappa shape index (κ3) is 5.30. The number of aromatic nitrogens is 10. The van der Waals surface area contributed by atoms with E-state index in [0.717, 1.165) is 24.8 Å². The Hall–Kier alpha value is -4.83. The summed E-state index contributed by atoms with van der Waals surface area (Å²) >= 11 is 11.9. The lowest BCUT2D eigenvalue weighted by molar-refractivity contribution is -0.615. The minimum Gasteiger partial charge on any atom is -0.618 e. The van der Waals surface area contributed by atoms with Crippen molar-refractivity contribution in [1.82, 2.24) is 44.3 Å². The highest BCUT2D eigenvalue weighted by Gasteiger charge is 2.28. The molecule has 0 saturated heterocycles. The van der Waals surface area contributed by atoms with E-state index in [9.17, 15) is 22.8 Å². The fourth-order valence-corrected chi connectivity index (χ4v) is 4.87. The zero-order valence-corrected chi connectivity index (χ0v) is 22.8. The molecule has 1 atom stereocenters. The highest BCUT2D eigenvalue weighted by atomic mass is 35.5. The van der Waals surface area contributed by atoms with Crippen molar-refractivity contribution in [3.8, 4) is 28.1 Å². The van der Waals surface area contributed by atoms with E-state index in [4.69, 9.17) is 23.2 Å². The Labute approximate surface area is 247 Å². The summed E-state index contributed by atoms with van der Waals surface area (Å²) in [5, 5.41) is 32.3. The van der Waals surface area contributed by atoms with Gasteiger partial charge in [-0.05, 0) is 18.2 Å². The fraction of sp³-hybridized carbons (Fsp3) is 0.120. The molecule has 0 amide bonds. The van der Waals surface area contributed by atoms with E-state index in [1.165, 1.54) is 50.7 Å². The van der Waals surface area contributed by atoms with Gasteiger partial charge in [-0.1, -0.05) is 28.4 Å². The first-order valence-electron chi connectivity index (χ1n) is 12.1. The van der Waals surface area contributed by atoms with Crippen molar-refractivity contribution in [2.75, 3.05) is 0 Å².